The number of benzene rings is 3. The highest BCUT2D eigenvalue weighted by molar-refractivity contribution is 6.10. The van der Waals surface area contributed by atoms with Crippen molar-refractivity contribution < 1.29 is 24.2 Å². The van der Waals surface area contributed by atoms with Gasteiger partial charge in [-0.3, -0.25) is 14.4 Å². The van der Waals surface area contributed by atoms with E-state index in [1.807, 2.05) is 30.3 Å². The highest BCUT2D eigenvalue weighted by Gasteiger charge is 2.29. The molecule has 2 amide bonds. The maximum absolute atomic E-state index is 13.1. The predicted octanol–water partition coefficient (Wildman–Crippen LogP) is 2.37. The van der Waals surface area contributed by atoms with Crippen molar-refractivity contribution in [1.82, 2.24) is 10.2 Å². The average Bonchev–Trinajstić information content (AvgIpc) is 2.95. The van der Waals surface area contributed by atoms with E-state index < -0.39 is 18.6 Å². The van der Waals surface area contributed by atoms with Crippen molar-refractivity contribution >= 4 is 23.3 Å². The van der Waals surface area contributed by atoms with Gasteiger partial charge in [0.05, 0.1) is 19.4 Å². The number of ether oxygens (including phenoxy) is 1. The van der Waals surface area contributed by atoms with Gasteiger partial charge in [0.2, 0.25) is 5.91 Å². The first kappa shape index (κ1) is 24.9. The summed E-state index contributed by atoms with van der Waals surface area (Å²) in [5.74, 6) is -0.307. The number of piperazine rings is 1. The Labute approximate surface area is 210 Å². The predicted molar refractivity (Wildman–Crippen MR) is 136 cm³/mol. The smallest absolute Gasteiger partial charge is 0.252 e. The SMILES string of the molecule is COc1ccccc1N1CCN(C(=O)C(CO)NC(=O)c2cccc(C(=O)c3ccccc3)c2)CC1. The second kappa shape index (κ2) is 11.5. The number of nitrogens with zero attached hydrogens (tertiary/aromatic N) is 2. The van der Waals surface area contributed by atoms with E-state index in [1.54, 1.807) is 54.5 Å². The molecule has 1 atom stereocenters. The molecule has 1 unspecified atom stereocenters. The molecule has 3 aromatic rings. The van der Waals surface area contributed by atoms with Crippen LogP contribution in [0.4, 0.5) is 5.69 Å². The van der Waals surface area contributed by atoms with Gasteiger partial charge in [-0.15, -0.1) is 0 Å². The van der Waals surface area contributed by atoms with E-state index in [4.69, 9.17) is 4.74 Å². The van der Waals surface area contributed by atoms with Gasteiger partial charge in [-0.2, -0.15) is 0 Å². The molecule has 1 aliphatic heterocycles. The van der Waals surface area contributed by atoms with E-state index in [0.29, 0.717) is 37.3 Å². The Morgan fingerprint density at radius 2 is 1.50 bits per heavy atom. The number of methoxy groups -OCH3 is 1. The molecule has 1 heterocycles. The van der Waals surface area contributed by atoms with Crippen molar-refractivity contribution in [2.75, 3.05) is 44.8 Å². The summed E-state index contributed by atoms with van der Waals surface area (Å²) in [6, 6.07) is 21.8. The number of carbonyl (C=O) groups is 3. The number of carbonyl (C=O) groups excluding carboxylic acids is 3. The zero-order valence-corrected chi connectivity index (χ0v) is 20.1. The minimum absolute atomic E-state index is 0.201. The van der Waals surface area contributed by atoms with E-state index in [9.17, 15) is 19.5 Å². The van der Waals surface area contributed by atoms with Crippen molar-refractivity contribution in [3.63, 3.8) is 0 Å². The van der Waals surface area contributed by atoms with Gasteiger partial charge in [0.25, 0.3) is 5.91 Å². The number of nitrogens with one attached hydrogen (secondary N) is 1. The molecule has 8 heteroatoms. The summed E-state index contributed by atoms with van der Waals surface area (Å²) < 4.78 is 5.44. The molecule has 0 saturated carbocycles. The van der Waals surface area contributed by atoms with Crippen LogP contribution in [-0.4, -0.2) is 73.5 Å². The number of hydrogen-bond donors (Lipinski definition) is 2. The number of para-hydroxylation sites is 2. The van der Waals surface area contributed by atoms with Gasteiger partial charge < -0.3 is 25.0 Å². The molecule has 1 saturated heterocycles. The minimum atomic E-state index is -1.08. The molecule has 1 fully saturated rings. The summed E-state index contributed by atoms with van der Waals surface area (Å²) >= 11 is 0. The van der Waals surface area contributed by atoms with Gasteiger partial charge in [-0.1, -0.05) is 54.6 Å². The van der Waals surface area contributed by atoms with Gasteiger partial charge in [0.15, 0.2) is 5.78 Å². The monoisotopic (exact) mass is 487 g/mol. The Bertz CT molecular complexity index is 1220. The number of hydrogen-bond acceptors (Lipinski definition) is 6. The molecular formula is C28H29N3O5. The molecule has 186 valence electrons. The number of aliphatic hydroxyl groups excluding tert-OH is 1. The Kier molecular flexibility index (Phi) is 7.97. The quantitative estimate of drug-likeness (QED) is 0.474. The van der Waals surface area contributed by atoms with Crippen LogP contribution in [-0.2, 0) is 4.79 Å². The van der Waals surface area contributed by atoms with Crippen LogP contribution < -0.4 is 15.0 Å². The van der Waals surface area contributed by atoms with Gasteiger partial charge in [0, 0.05) is 42.9 Å². The molecule has 4 rings (SSSR count). The van der Waals surface area contributed by atoms with E-state index >= 15 is 0 Å². The number of anilines is 1. The van der Waals surface area contributed by atoms with Crippen LogP contribution in [0.5, 0.6) is 5.75 Å². The van der Waals surface area contributed by atoms with E-state index in [2.05, 4.69) is 10.2 Å². The van der Waals surface area contributed by atoms with Crippen molar-refractivity contribution in [1.29, 1.82) is 0 Å². The fourth-order valence-electron chi connectivity index (χ4n) is 4.26. The maximum Gasteiger partial charge on any atom is 0.252 e. The van der Waals surface area contributed by atoms with Crippen molar-refractivity contribution in [2.45, 2.75) is 6.04 Å². The third kappa shape index (κ3) is 5.55. The van der Waals surface area contributed by atoms with Crippen molar-refractivity contribution in [3.8, 4) is 5.75 Å². The van der Waals surface area contributed by atoms with Crippen LogP contribution in [0, 0.1) is 0 Å². The summed E-state index contributed by atoms with van der Waals surface area (Å²) in [6.45, 7) is 1.57. The highest BCUT2D eigenvalue weighted by Crippen LogP contribution is 2.28. The van der Waals surface area contributed by atoms with Crippen LogP contribution in [0.1, 0.15) is 26.3 Å². The number of rotatable bonds is 8. The summed E-state index contributed by atoms with van der Waals surface area (Å²) in [6.07, 6.45) is 0. The topological polar surface area (TPSA) is 99.2 Å². The Balaban J connectivity index is 1.38. The largest absolute Gasteiger partial charge is 0.495 e. The van der Waals surface area contributed by atoms with Crippen LogP contribution in [0.15, 0.2) is 78.9 Å². The molecular weight excluding hydrogens is 458 g/mol. The summed E-state index contributed by atoms with van der Waals surface area (Å²) in [5, 5.41) is 12.5. The molecule has 8 nitrogen and oxygen atoms in total. The standard InChI is InChI=1S/C28H29N3O5/c1-36-25-13-6-5-12-24(25)30-14-16-31(17-15-30)28(35)23(19-32)29-27(34)22-11-7-10-21(18-22)26(33)20-8-3-2-4-9-20/h2-13,18,23,32H,14-17,19H2,1H3,(H,29,34). The molecule has 2 N–H and O–H groups in total. The molecule has 36 heavy (non-hydrogen) atoms. The van der Waals surface area contributed by atoms with Crippen LogP contribution >= 0.6 is 0 Å². The van der Waals surface area contributed by atoms with Crippen molar-refractivity contribution in [2.24, 2.45) is 0 Å². The van der Waals surface area contributed by atoms with E-state index in [-0.39, 0.29) is 17.3 Å². The Morgan fingerprint density at radius 3 is 2.19 bits per heavy atom. The third-order valence-electron chi connectivity index (χ3n) is 6.23. The lowest BCUT2D eigenvalue weighted by atomic mass is 10.0. The van der Waals surface area contributed by atoms with Gasteiger partial charge in [-0.05, 0) is 24.3 Å². The number of ketones is 1. The molecule has 1 aliphatic rings. The second-order valence-corrected chi connectivity index (χ2v) is 8.47. The van der Waals surface area contributed by atoms with Gasteiger partial charge in [0.1, 0.15) is 11.8 Å². The summed E-state index contributed by atoms with van der Waals surface area (Å²) in [4.78, 5) is 42.5. The average molecular weight is 488 g/mol. The summed E-state index contributed by atoms with van der Waals surface area (Å²) in [5.41, 5.74) is 2.09. The van der Waals surface area contributed by atoms with Crippen molar-refractivity contribution in [3.05, 3.63) is 95.6 Å². The fourth-order valence-corrected chi connectivity index (χ4v) is 4.26. The van der Waals surface area contributed by atoms with Crippen LogP contribution in [0.25, 0.3) is 0 Å². The first-order valence-electron chi connectivity index (χ1n) is 11.8. The lowest BCUT2D eigenvalue weighted by molar-refractivity contribution is -0.134. The van der Waals surface area contributed by atoms with E-state index in [0.717, 1.165) is 11.4 Å². The first-order chi connectivity index (χ1) is 17.5. The van der Waals surface area contributed by atoms with E-state index in [1.165, 1.54) is 6.07 Å². The second-order valence-electron chi connectivity index (χ2n) is 8.47. The normalized spacial score (nSPS) is 14.2. The van der Waals surface area contributed by atoms with Gasteiger partial charge in [-0.25, -0.2) is 0 Å². The molecule has 0 aliphatic carbocycles. The molecule has 0 radical (unpaired) electrons. The summed E-state index contributed by atoms with van der Waals surface area (Å²) in [7, 11) is 1.63. The minimum Gasteiger partial charge on any atom is -0.495 e. The first-order valence-corrected chi connectivity index (χ1v) is 11.8. The third-order valence-corrected chi connectivity index (χ3v) is 6.23. The molecule has 3 aromatic carbocycles. The number of amides is 2. The highest BCUT2D eigenvalue weighted by atomic mass is 16.5. The zero-order chi connectivity index (χ0) is 25.5. The lowest BCUT2D eigenvalue weighted by Gasteiger charge is -2.37. The Hall–Kier alpha value is -4.17. The van der Waals surface area contributed by atoms with Crippen LogP contribution in [0.3, 0.4) is 0 Å². The van der Waals surface area contributed by atoms with Gasteiger partial charge >= 0.3 is 0 Å². The zero-order valence-electron chi connectivity index (χ0n) is 20.1. The fraction of sp³-hybridized carbons (Fsp3) is 0.250. The maximum atomic E-state index is 13.1. The van der Waals surface area contributed by atoms with Crippen LogP contribution in [0.2, 0.25) is 0 Å². The molecule has 0 bridgehead atoms. The Morgan fingerprint density at radius 1 is 0.861 bits per heavy atom. The lowest BCUT2D eigenvalue weighted by Crippen LogP contribution is -2.56. The molecule has 0 aromatic heterocycles. The molecule has 0 spiro atoms. The number of aliphatic hydroxyl groups is 1.